The number of thioether (sulfide) groups is 1. The van der Waals surface area contributed by atoms with Gasteiger partial charge in [-0.05, 0) is 84.2 Å². The molecule has 0 saturated carbocycles. The topological polar surface area (TPSA) is 133 Å². The second kappa shape index (κ2) is 16.5. The SMILES string of the molecule is CC[C@@H](C)[C@H](Nc1ccc2c(cc1=O)[C@@H](NC(C)=O)CCc1cc(OC)c(OC)c(OC)c1-2)C(=O)N[C@@H](CCSC)c1nc2ccccc2n1C. The van der Waals surface area contributed by atoms with Crippen molar-refractivity contribution in [3.05, 3.63) is 75.7 Å². The number of anilines is 1. The number of methoxy groups -OCH3 is 3. The number of fused-ring (bicyclic) bond motifs is 4. The summed E-state index contributed by atoms with van der Waals surface area (Å²) in [5.41, 5.74) is 4.89. The van der Waals surface area contributed by atoms with Gasteiger partial charge in [-0.1, -0.05) is 38.5 Å². The third-order valence-electron chi connectivity index (χ3n) is 9.78. The molecule has 0 spiro atoms. The van der Waals surface area contributed by atoms with E-state index in [1.165, 1.54) is 6.92 Å². The third-order valence-corrected chi connectivity index (χ3v) is 10.4. The summed E-state index contributed by atoms with van der Waals surface area (Å²) in [7, 11) is 6.66. The summed E-state index contributed by atoms with van der Waals surface area (Å²) < 4.78 is 19.3. The number of hydrogen-bond donors (Lipinski definition) is 3. The molecule has 0 unspecified atom stereocenters. The summed E-state index contributed by atoms with van der Waals surface area (Å²) in [6.07, 6.45) is 4.57. The molecule has 1 heterocycles. The molecule has 1 aliphatic carbocycles. The van der Waals surface area contributed by atoms with Crippen molar-refractivity contribution in [3.8, 4) is 28.4 Å². The van der Waals surface area contributed by atoms with E-state index in [1.807, 2.05) is 68.1 Å². The quantitative estimate of drug-likeness (QED) is 0.140. The van der Waals surface area contributed by atoms with Crippen molar-refractivity contribution in [2.75, 3.05) is 38.7 Å². The van der Waals surface area contributed by atoms with E-state index in [0.29, 0.717) is 54.1 Å². The van der Waals surface area contributed by atoms with Gasteiger partial charge in [-0.2, -0.15) is 11.8 Å². The van der Waals surface area contributed by atoms with Crippen molar-refractivity contribution in [1.29, 1.82) is 0 Å². The van der Waals surface area contributed by atoms with Gasteiger partial charge in [-0.3, -0.25) is 14.4 Å². The Morgan fingerprint density at radius 1 is 1.06 bits per heavy atom. The Labute approximate surface area is 303 Å². The van der Waals surface area contributed by atoms with E-state index in [2.05, 4.69) is 16.0 Å². The van der Waals surface area contributed by atoms with Crippen LogP contribution < -0.4 is 35.6 Å². The van der Waals surface area contributed by atoms with Gasteiger partial charge in [0, 0.05) is 19.5 Å². The summed E-state index contributed by atoms with van der Waals surface area (Å²) in [6, 6.07) is 13.5. The van der Waals surface area contributed by atoms with Gasteiger partial charge in [0.15, 0.2) is 11.5 Å². The predicted octanol–water partition coefficient (Wildman–Crippen LogP) is 6.19. The molecule has 1 aromatic heterocycles. The van der Waals surface area contributed by atoms with Crippen LogP contribution in [-0.4, -0.2) is 60.7 Å². The molecule has 3 aromatic carbocycles. The predicted molar refractivity (Wildman–Crippen MR) is 204 cm³/mol. The molecule has 0 saturated heterocycles. The fraction of sp³-hybridized carbons (Fsp3) is 0.436. The molecule has 51 heavy (non-hydrogen) atoms. The number of carbonyl (C=O) groups is 2. The molecule has 0 fully saturated rings. The van der Waals surface area contributed by atoms with Crippen LogP contribution in [0.4, 0.5) is 5.69 Å². The Bertz CT molecular complexity index is 1960. The van der Waals surface area contributed by atoms with Gasteiger partial charge >= 0.3 is 0 Å². The van der Waals surface area contributed by atoms with E-state index in [1.54, 1.807) is 45.2 Å². The Morgan fingerprint density at radius 3 is 2.45 bits per heavy atom. The van der Waals surface area contributed by atoms with E-state index in [0.717, 1.165) is 33.7 Å². The van der Waals surface area contributed by atoms with E-state index in [4.69, 9.17) is 19.2 Å². The molecule has 5 rings (SSSR count). The number of hydrogen-bond acceptors (Lipinski definition) is 9. The first kappa shape index (κ1) is 37.5. The molecule has 12 heteroatoms. The van der Waals surface area contributed by atoms with Crippen molar-refractivity contribution >= 4 is 40.3 Å². The summed E-state index contributed by atoms with van der Waals surface area (Å²) in [6.45, 7) is 5.49. The smallest absolute Gasteiger partial charge is 0.243 e. The van der Waals surface area contributed by atoms with E-state index in [9.17, 15) is 14.4 Å². The molecule has 3 N–H and O–H groups in total. The molecule has 4 aromatic rings. The highest BCUT2D eigenvalue weighted by molar-refractivity contribution is 7.98. The summed E-state index contributed by atoms with van der Waals surface area (Å²) >= 11 is 1.71. The number of imidazole rings is 1. The van der Waals surface area contributed by atoms with Crippen LogP contribution in [0, 0.1) is 5.92 Å². The van der Waals surface area contributed by atoms with Crippen molar-refractivity contribution in [1.82, 2.24) is 20.2 Å². The van der Waals surface area contributed by atoms with Crippen LogP contribution in [0.2, 0.25) is 0 Å². The van der Waals surface area contributed by atoms with Crippen molar-refractivity contribution < 1.29 is 23.8 Å². The van der Waals surface area contributed by atoms with Crippen LogP contribution in [-0.2, 0) is 23.1 Å². The van der Waals surface area contributed by atoms with Gasteiger partial charge in [-0.15, -0.1) is 0 Å². The molecule has 0 bridgehead atoms. The largest absolute Gasteiger partial charge is 0.493 e. The molecule has 0 radical (unpaired) electrons. The zero-order valence-corrected chi connectivity index (χ0v) is 31.5. The molecule has 1 aliphatic rings. The highest BCUT2D eigenvalue weighted by atomic mass is 32.2. The third kappa shape index (κ3) is 7.80. The fourth-order valence-electron chi connectivity index (χ4n) is 6.94. The van der Waals surface area contributed by atoms with E-state index >= 15 is 0 Å². The van der Waals surface area contributed by atoms with Crippen LogP contribution >= 0.6 is 11.8 Å². The van der Waals surface area contributed by atoms with Gasteiger partial charge in [0.25, 0.3) is 0 Å². The lowest BCUT2D eigenvalue weighted by atomic mass is 9.95. The van der Waals surface area contributed by atoms with Crippen LogP contribution in [0.3, 0.4) is 0 Å². The minimum absolute atomic E-state index is 0.112. The van der Waals surface area contributed by atoms with Crippen LogP contribution in [0.1, 0.15) is 69.1 Å². The summed E-state index contributed by atoms with van der Waals surface area (Å²) in [5.74, 6) is 2.51. The average molecular weight is 716 g/mol. The second-order valence-electron chi connectivity index (χ2n) is 13.0. The lowest BCUT2D eigenvalue weighted by molar-refractivity contribution is -0.123. The van der Waals surface area contributed by atoms with Crippen LogP contribution in [0.5, 0.6) is 17.2 Å². The minimum Gasteiger partial charge on any atom is -0.493 e. The number of amides is 2. The Balaban J connectivity index is 1.58. The highest BCUT2D eigenvalue weighted by Gasteiger charge is 2.32. The van der Waals surface area contributed by atoms with Crippen LogP contribution in [0.25, 0.3) is 22.2 Å². The number of carbonyl (C=O) groups excluding carboxylic acids is 2. The van der Waals surface area contributed by atoms with Crippen molar-refractivity contribution in [2.45, 2.75) is 64.6 Å². The zero-order chi connectivity index (χ0) is 36.8. The molecular formula is C39H49N5O6S. The van der Waals surface area contributed by atoms with Gasteiger partial charge in [0.1, 0.15) is 11.9 Å². The lowest BCUT2D eigenvalue weighted by Gasteiger charge is -2.27. The number of aryl methyl sites for hydroxylation is 2. The second-order valence-corrected chi connectivity index (χ2v) is 13.9. The zero-order valence-electron chi connectivity index (χ0n) is 30.7. The molecule has 11 nitrogen and oxygen atoms in total. The molecule has 2 amide bonds. The number of aromatic nitrogens is 2. The maximum absolute atomic E-state index is 14.3. The number of para-hydroxylation sites is 2. The maximum atomic E-state index is 14.3. The average Bonchev–Trinajstić information content (AvgIpc) is 3.28. The van der Waals surface area contributed by atoms with Crippen LogP contribution in [0.15, 0.2) is 53.3 Å². The Kier molecular flexibility index (Phi) is 12.2. The minimum atomic E-state index is -0.714. The van der Waals surface area contributed by atoms with Gasteiger partial charge in [0.2, 0.25) is 23.0 Å². The number of ether oxygens (including phenoxy) is 3. The highest BCUT2D eigenvalue weighted by Crippen LogP contribution is 2.50. The number of rotatable bonds is 14. The summed E-state index contributed by atoms with van der Waals surface area (Å²) in [5, 5.41) is 9.67. The Hall–Kier alpha value is -4.71. The maximum Gasteiger partial charge on any atom is 0.243 e. The van der Waals surface area contributed by atoms with Crippen molar-refractivity contribution in [3.63, 3.8) is 0 Å². The van der Waals surface area contributed by atoms with Gasteiger partial charge < -0.3 is 34.7 Å². The van der Waals surface area contributed by atoms with Gasteiger partial charge in [0.05, 0.1) is 50.1 Å². The normalized spacial score (nSPS) is 15.4. The molecule has 4 atom stereocenters. The number of benzene rings is 2. The van der Waals surface area contributed by atoms with E-state index < -0.39 is 12.1 Å². The first-order valence-electron chi connectivity index (χ1n) is 17.3. The van der Waals surface area contributed by atoms with Crippen molar-refractivity contribution in [2.24, 2.45) is 13.0 Å². The molecule has 272 valence electrons. The standard InChI is InChI=1S/C39H49N5O6S/c1-9-22(2)35(39(47)43-30(18-19-51-8)38-42-28-12-10-11-13-31(28)44(38)4)41-29-17-15-25-26(21-32(29)46)27(40-23(3)45)16-14-24-20-33(48-5)36(49-6)37(50-7)34(24)25/h10-13,15,17,20-22,27,30,35H,9,14,16,18-19H2,1-8H3,(H,40,45)(H,41,46)(H,43,47)/t22-,27+,30+,35+/m1/s1. The number of nitrogens with zero attached hydrogens (tertiary/aromatic N) is 2. The van der Waals surface area contributed by atoms with E-state index in [-0.39, 0.29) is 34.9 Å². The number of nitrogens with one attached hydrogen (secondary N) is 3. The Morgan fingerprint density at radius 2 is 1.80 bits per heavy atom. The lowest BCUT2D eigenvalue weighted by Crippen LogP contribution is -2.46. The fourth-order valence-corrected chi connectivity index (χ4v) is 7.41. The first-order valence-corrected chi connectivity index (χ1v) is 18.7. The molecular weight excluding hydrogens is 667 g/mol. The molecule has 0 aliphatic heterocycles. The summed E-state index contributed by atoms with van der Waals surface area (Å²) in [4.78, 5) is 45.7. The first-order chi connectivity index (χ1) is 24.6. The monoisotopic (exact) mass is 715 g/mol. The van der Waals surface area contributed by atoms with Gasteiger partial charge in [-0.25, -0.2) is 4.98 Å².